The van der Waals surface area contributed by atoms with Gasteiger partial charge in [0.1, 0.15) is 5.75 Å². The zero-order valence-corrected chi connectivity index (χ0v) is 13.1. The fraction of sp³-hybridized carbons (Fsp3) is 0.278. The average Bonchev–Trinajstić information content (AvgIpc) is 2.54. The third-order valence-electron chi connectivity index (χ3n) is 2.99. The molecule has 0 unspecified atom stereocenters. The Bertz CT molecular complexity index is 549. The van der Waals surface area contributed by atoms with E-state index in [1.54, 1.807) is 11.8 Å². The van der Waals surface area contributed by atoms with Crippen LogP contribution in [0.4, 0.5) is 0 Å². The summed E-state index contributed by atoms with van der Waals surface area (Å²) in [5.41, 5.74) is 2.00. The number of carbonyl (C=O) groups is 1. The van der Waals surface area contributed by atoms with Crippen LogP contribution < -0.4 is 4.74 Å². The Kier molecular flexibility index (Phi) is 6.35. The first kappa shape index (κ1) is 15.6. The number of rotatable bonds is 8. The van der Waals surface area contributed by atoms with E-state index in [1.807, 2.05) is 42.5 Å². The molecule has 21 heavy (non-hydrogen) atoms. The summed E-state index contributed by atoms with van der Waals surface area (Å²) >= 11 is 1.65. The van der Waals surface area contributed by atoms with Crippen LogP contribution in [-0.2, 0) is 5.75 Å². The number of carbonyl (C=O) groups excluding carboxylic acids is 1. The zero-order valence-electron chi connectivity index (χ0n) is 12.2. The summed E-state index contributed by atoms with van der Waals surface area (Å²) in [4.78, 5) is 12.1. The lowest BCUT2D eigenvalue weighted by molar-refractivity contribution is 0.102. The van der Waals surface area contributed by atoms with Crippen LogP contribution in [0.15, 0.2) is 54.6 Å². The summed E-state index contributed by atoms with van der Waals surface area (Å²) in [6, 6.07) is 17.6. The van der Waals surface area contributed by atoms with Crippen LogP contribution in [0, 0.1) is 0 Å². The molecule has 0 atom stereocenters. The summed E-state index contributed by atoms with van der Waals surface area (Å²) in [6.45, 7) is 2.78. The predicted molar refractivity (Wildman–Crippen MR) is 89.2 cm³/mol. The molecule has 0 spiro atoms. The van der Waals surface area contributed by atoms with E-state index in [-0.39, 0.29) is 5.78 Å². The fourth-order valence-electron chi connectivity index (χ4n) is 1.88. The first-order chi connectivity index (χ1) is 10.3. The van der Waals surface area contributed by atoms with E-state index < -0.39 is 0 Å². The predicted octanol–water partition coefficient (Wildman–Crippen LogP) is 4.59. The summed E-state index contributed by atoms with van der Waals surface area (Å²) < 4.78 is 5.51. The van der Waals surface area contributed by atoms with E-state index in [1.165, 1.54) is 5.56 Å². The molecule has 0 aromatic heterocycles. The van der Waals surface area contributed by atoms with Gasteiger partial charge < -0.3 is 4.74 Å². The topological polar surface area (TPSA) is 26.3 Å². The van der Waals surface area contributed by atoms with Gasteiger partial charge in [0, 0.05) is 11.3 Å². The van der Waals surface area contributed by atoms with Gasteiger partial charge in [-0.3, -0.25) is 4.79 Å². The molecule has 0 aliphatic rings. The second kappa shape index (κ2) is 8.53. The summed E-state index contributed by atoms with van der Waals surface area (Å²) in [6.07, 6.45) is 0.983. The monoisotopic (exact) mass is 300 g/mol. The highest BCUT2D eigenvalue weighted by Crippen LogP contribution is 2.16. The summed E-state index contributed by atoms with van der Waals surface area (Å²) in [5, 5.41) is 0. The largest absolute Gasteiger partial charge is 0.494 e. The molecule has 2 rings (SSSR count). The van der Waals surface area contributed by atoms with Gasteiger partial charge in [0.05, 0.1) is 12.4 Å². The molecule has 0 radical (unpaired) electrons. The molecule has 2 aromatic rings. The third-order valence-corrected chi connectivity index (χ3v) is 4.00. The second-order valence-electron chi connectivity index (χ2n) is 4.77. The molecule has 0 fully saturated rings. The molecule has 0 aliphatic carbocycles. The Balaban J connectivity index is 1.80. The van der Waals surface area contributed by atoms with Gasteiger partial charge >= 0.3 is 0 Å². The minimum atomic E-state index is 0.165. The Hall–Kier alpha value is -1.74. The van der Waals surface area contributed by atoms with Crippen LogP contribution >= 0.6 is 11.8 Å². The van der Waals surface area contributed by atoms with Gasteiger partial charge in [0.2, 0.25) is 0 Å². The van der Waals surface area contributed by atoms with Crippen LogP contribution in [0.2, 0.25) is 0 Å². The van der Waals surface area contributed by atoms with Gasteiger partial charge in [-0.2, -0.15) is 0 Å². The Morgan fingerprint density at radius 1 is 1.05 bits per heavy atom. The van der Waals surface area contributed by atoms with Crippen molar-refractivity contribution in [3.05, 3.63) is 65.7 Å². The van der Waals surface area contributed by atoms with Crippen LogP contribution in [0.25, 0.3) is 0 Å². The van der Waals surface area contributed by atoms with Gasteiger partial charge in [-0.15, -0.1) is 11.8 Å². The molecule has 0 saturated carbocycles. The first-order valence-electron chi connectivity index (χ1n) is 7.17. The van der Waals surface area contributed by atoms with Crippen LogP contribution in [0.3, 0.4) is 0 Å². The molecule has 0 saturated heterocycles. The molecule has 0 heterocycles. The molecule has 0 N–H and O–H groups in total. The molecule has 2 nitrogen and oxygen atoms in total. The van der Waals surface area contributed by atoms with Crippen molar-refractivity contribution in [2.75, 3.05) is 12.4 Å². The number of ether oxygens (including phenoxy) is 1. The highest BCUT2D eigenvalue weighted by Gasteiger charge is 2.06. The molecule has 2 aromatic carbocycles. The normalized spacial score (nSPS) is 10.3. The molecule has 110 valence electrons. The maximum absolute atomic E-state index is 12.1. The molecule has 3 heteroatoms. The fourth-order valence-corrected chi connectivity index (χ4v) is 2.76. The SMILES string of the molecule is CCCOc1ccc(C(=O)CSCc2ccccc2)cc1. The number of thioether (sulfide) groups is 1. The van der Waals surface area contributed by atoms with Crippen molar-refractivity contribution >= 4 is 17.5 Å². The maximum Gasteiger partial charge on any atom is 0.172 e. The lowest BCUT2D eigenvalue weighted by Crippen LogP contribution is -2.03. The zero-order chi connectivity index (χ0) is 14.9. The third kappa shape index (κ3) is 5.27. The van der Waals surface area contributed by atoms with Crippen molar-refractivity contribution in [1.29, 1.82) is 0 Å². The van der Waals surface area contributed by atoms with Gasteiger partial charge in [0.25, 0.3) is 0 Å². The van der Waals surface area contributed by atoms with E-state index in [2.05, 4.69) is 19.1 Å². The van der Waals surface area contributed by atoms with Gasteiger partial charge in [-0.25, -0.2) is 0 Å². The minimum Gasteiger partial charge on any atom is -0.494 e. The summed E-state index contributed by atoms with van der Waals surface area (Å²) in [5.74, 6) is 2.36. The number of benzene rings is 2. The van der Waals surface area contributed by atoms with Crippen molar-refractivity contribution in [2.45, 2.75) is 19.1 Å². The van der Waals surface area contributed by atoms with Crippen molar-refractivity contribution < 1.29 is 9.53 Å². The summed E-state index contributed by atoms with van der Waals surface area (Å²) in [7, 11) is 0. The Morgan fingerprint density at radius 3 is 2.43 bits per heavy atom. The molecular weight excluding hydrogens is 280 g/mol. The molecule has 0 bridgehead atoms. The molecule has 0 amide bonds. The molecular formula is C18H20O2S. The first-order valence-corrected chi connectivity index (χ1v) is 8.33. The number of ketones is 1. The van der Waals surface area contributed by atoms with Crippen molar-refractivity contribution in [3.8, 4) is 5.75 Å². The number of hydrogen-bond acceptors (Lipinski definition) is 3. The van der Waals surface area contributed by atoms with E-state index in [0.717, 1.165) is 23.5 Å². The van der Waals surface area contributed by atoms with E-state index in [9.17, 15) is 4.79 Å². The van der Waals surface area contributed by atoms with Crippen LogP contribution in [-0.4, -0.2) is 18.1 Å². The lowest BCUT2D eigenvalue weighted by atomic mass is 10.1. The number of hydrogen-bond donors (Lipinski definition) is 0. The van der Waals surface area contributed by atoms with Gasteiger partial charge in [0.15, 0.2) is 5.78 Å². The highest BCUT2D eigenvalue weighted by molar-refractivity contribution is 7.99. The van der Waals surface area contributed by atoms with Crippen LogP contribution in [0.1, 0.15) is 29.3 Å². The van der Waals surface area contributed by atoms with Crippen LogP contribution in [0.5, 0.6) is 5.75 Å². The minimum absolute atomic E-state index is 0.165. The standard InChI is InChI=1S/C18H20O2S/c1-2-12-20-17-10-8-16(9-11-17)18(19)14-21-13-15-6-4-3-5-7-15/h3-11H,2,12-14H2,1H3. The maximum atomic E-state index is 12.1. The quantitative estimate of drug-likeness (QED) is 0.667. The lowest BCUT2D eigenvalue weighted by Gasteiger charge is -2.06. The molecule has 0 aliphatic heterocycles. The average molecular weight is 300 g/mol. The van der Waals surface area contributed by atoms with E-state index in [0.29, 0.717) is 12.4 Å². The smallest absolute Gasteiger partial charge is 0.172 e. The Morgan fingerprint density at radius 2 is 1.76 bits per heavy atom. The van der Waals surface area contributed by atoms with Crippen molar-refractivity contribution in [1.82, 2.24) is 0 Å². The van der Waals surface area contributed by atoms with E-state index in [4.69, 9.17) is 4.74 Å². The highest BCUT2D eigenvalue weighted by atomic mass is 32.2. The second-order valence-corrected chi connectivity index (χ2v) is 5.76. The Labute approximate surface area is 130 Å². The van der Waals surface area contributed by atoms with E-state index >= 15 is 0 Å². The number of Topliss-reactive ketones (excluding diaryl/α,β-unsaturated/α-hetero) is 1. The van der Waals surface area contributed by atoms with Crippen molar-refractivity contribution in [2.24, 2.45) is 0 Å². The van der Waals surface area contributed by atoms with Gasteiger partial charge in [-0.1, -0.05) is 37.3 Å². The van der Waals surface area contributed by atoms with Gasteiger partial charge in [-0.05, 0) is 36.2 Å². The van der Waals surface area contributed by atoms with Crippen molar-refractivity contribution in [3.63, 3.8) is 0 Å².